The fourth-order valence-corrected chi connectivity index (χ4v) is 2.33. The minimum atomic E-state index is -0.808. The normalized spacial score (nSPS) is 11.0. The molecule has 0 bridgehead atoms. The van der Waals surface area contributed by atoms with Crippen molar-refractivity contribution in [2.24, 2.45) is 0 Å². The van der Waals surface area contributed by atoms with E-state index in [-0.39, 0.29) is 0 Å². The molecule has 0 aliphatic rings. The van der Waals surface area contributed by atoms with Crippen molar-refractivity contribution in [3.8, 4) is 0 Å². The maximum atomic E-state index is 13.1. The number of hydrogen-bond donors (Lipinski definition) is 0. The molecule has 0 aliphatic heterocycles. The van der Waals surface area contributed by atoms with Crippen molar-refractivity contribution >= 4 is 15.9 Å². The molecule has 4 heteroatoms. The Balaban J connectivity index is 2.03. The van der Waals surface area contributed by atoms with Gasteiger partial charge in [-0.1, -0.05) is 40.2 Å². The van der Waals surface area contributed by atoms with Crippen LogP contribution in [0.2, 0.25) is 0 Å². The SMILES string of the molecule is CN(Cc1ccc(F)c(F)c1)Cc1ccccc1Br. The van der Waals surface area contributed by atoms with Crippen LogP contribution in [-0.2, 0) is 13.1 Å². The summed E-state index contributed by atoms with van der Waals surface area (Å²) in [7, 11) is 1.95. The van der Waals surface area contributed by atoms with Gasteiger partial charge in [0.15, 0.2) is 11.6 Å². The van der Waals surface area contributed by atoms with Crippen LogP contribution in [0.4, 0.5) is 8.78 Å². The molecule has 2 aromatic carbocycles. The zero-order valence-corrected chi connectivity index (χ0v) is 12.1. The molecular formula is C15H14BrF2N. The van der Waals surface area contributed by atoms with Crippen molar-refractivity contribution in [2.45, 2.75) is 13.1 Å². The molecule has 0 amide bonds. The maximum Gasteiger partial charge on any atom is 0.159 e. The Labute approximate surface area is 120 Å². The first-order chi connectivity index (χ1) is 9.06. The van der Waals surface area contributed by atoms with E-state index in [1.54, 1.807) is 6.07 Å². The van der Waals surface area contributed by atoms with E-state index in [0.717, 1.165) is 28.2 Å². The van der Waals surface area contributed by atoms with Crippen LogP contribution in [0.25, 0.3) is 0 Å². The lowest BCUT2D eigenvalue weighted by atomic mass is 10.1. The van der Waals surface area contributed by atoms with E-state index in [1.165, 1.54) is 6.07 Å². The summed E-state index contributed by atoms with van der Waals surface area (Å²) < 4.78 is 27.0. The third-order valence-corrected chi connectivity index (χ3v) is 3.61. The number of halogens is 3. The summed E-state index contributed by atoms with van der Waals surface area (Å²) in [6.07, 6.45) is 0. The molecule has 0 fully saturated rings. The lowest BCUT2D eigenvalue weighted by molar-refractivity contribution is 0.317. The molecule has 0 saturated carbocycles. The van der Waals surface area contributed by atoms with E-state index in [0.29, 0.717) is 6.54 Å². The number of benzene rings is 2. The summed E-state index contributed by atoms with van der Waals surface area (Å²) in [5.74, 6) is -1.61. The van der Waals surface area contributed by atoms with Gasteiger partial charge in [0.05, 0.1) is 0 Å². The highest BCUT2D eigenvalue weighted by molar-refractivity contribution is 9.10. The van der Waals surface area contributed by atoms with Crippen LogP contribution in [0.15, 0.2) is 46.9 Å². The van der Waals surface area contributed by atoms with Crippen LogP contribution >= 0.6 is 15.9 Å². The lowest BCUT2D eigenvalue weighted by Gasteiger charge is -2.17. The van der Waals surface area contributed by atoms with Crippen LogP contribution < -0.4 is 0 Å². The van der Waals surface area contributed by atoms with Crippen molar-refractivity contribution in [3.63, 3.8) is 0 Å². The van der Waals surface area contributed by atoms with Gasteiger partial charge in [-0.25, -0.2) is 8.78 Å². The minimum absolute atomic E-state index is 0.568. The lowest BCUT2D eigenvalue weighted by Crippen LogP contribution is -2.17. The molecule has 2 rings (SSSR count). The van der Waals surface area contributed by atoms with Crippen LogP contribution in [0.1, 0.15) is 11.1 Å². The molecule has 1 nitrogen and oxygen atoms in total. The Morgan fingerprint density at radius 2 is 1.74 bits per heavy atom. The van der Waals surface area contributed by atoms with Crippen LogP contribution in [0.3, 0.4) is 0 Å². The molecule has 0 heterocycles. The summed E-state index contributed by atoms with van der Waals surface area (Å²) in [4.78, 5) is 2.05. The number of hydrogen-bond acceptors (Lipinski definition) is 1. The van der Waals surface area contributed by atoms with Crippen LogP contribution in [0, 0.1) is 11.6 Å². The Bertz CT molecular complexity index is 572. The van der Waals surface area contributed by atoms with E-state index in [2.05, 4.69) is 15.9 Å². The van der Waals surface area contributed by atoms with Crippen molar-refractivity contribution in [3.05, 3.63) is 69.7 Å². The van der Waals surface area contributed by atoms with Crippen molar-refractivity contribution < 1.29 is 8.78 Å². The van der Waals surface area contributed by atoms with Crippen molar-refractivity contribution in [1.29, 1.82) is 0 Å². The first-order valence-corrected chi connectivity index (χ1v) is 6.71. The van der Waals surface area contributed by atoms with Crippen LogP contribution in [0.5, 0.6) is 0 Å². The first kappa shape index (κ1) is 14.2. The molecule has 0 spiro atoms. The smallest absolute Gasteiger partial charge is 0.159 e. The highest BCUT2D eigenvalue weighted by Crippen LogP contribution is 2.18. The third-order valence-electron chi connectivity index (χ3n) is 2.83. The quantitative estimate of drug-likeness (QED) is 0.807. The second kappa shape index (κ2) is 6.26. The summed E-state index contributed by atoms with van der Waals surface area (Å²) in [5, 5.41) is 0. The summed E-state index contributed by atoms with van der Waals surface area (Å²) >= 11 is 3.50. The van der Waals surface area contributed by atoms with Gasteiger partial charge in [0, 0.05) is 17.6 Å². The largest absolute Gasteiger partial charge is 0.298 e. The molecule has 0 saturated heterocycles. The minimum Gasteiger partial charge on any atom is -0.298 e. The van der Waals surface area contributed by atoms with Gasteiger partial charge in [-0.2, -0.15) is 0 Å². The maximum absolute atomic E-state index is 13.1. The monoisotopic (exact) mass is 325 g/mol. The average Bonchev–Trinajstić information content (AvgIpc) is 2.37. The fourth-order valence-electron chi connectivity index (χ4n) is 1.92. The second-order valence-corrected chi connectivity index (χ2v) is 5.37. The Kier molecular flexibility index (Phi) is 4.66. The van der Waals surface area contributed by atoms with Gasteiger partial charge in [-0.3, -0.25) is 4.90 Å². The third kappa shape index (κ3) is 3.85. The van der Waals surface area contributed by atoms with Gasteiger partial charge in [0.2, 0.25) is 0 Å². The number of rotatable bonds is 4. The standard InChI is InChI=1S/C15H14BrF2N/c1-19(10-12-4-2-3-5-13(12)16)9-11-6-7-14(17)15(18)8-11/h2-8H,9-10H2,1H3. The molecule has 0 N–H and O–H groups in total. The molecule has 0 aliphatic carbocycles. The number of nitrogens with zero attached hydrogens (tertiary/aromatic N) is 1. The molecule has 0 radical (unpaired) electrons. The van der Waals surface area contributed by atoms with Gasteiger partial charge in [0.1, 0.15) is 0 Å². The van der Waals surface area contributed by atoms with Gasteiger partial charge in [0.25, 0.3) is 0 Å². The fraction of sp³-hybridized carbons (Fsp3) is 0.200. The predicted molar refractivity (Wildman–Crippen MR) is 75.7 cm³/mol. The summed E-state index contributed by atoms with van der Waals surface area (Å²) in [6.45, 7) is 1.30. The summed E-state index contributed by atoms with van der Waals surface area (Å²) in [6, 6.07) is 12.0. The summed E-state index contributed by atoms with van der Waals surface area (Å²) in [5.41, 5.74) is 1.92. The molecule has 0 aromatic heterocycles. The molecule has 19 heavy (non-hydrogen) atoms. The van der Waals surface area contributed by atoms with Gasteiger partial charge >= 0.3 is 0 Å². The average molecular weight is 326 g/mol. The van der Waals surface area contributed by atoms with Gasteiger partial charge in [-0.05, 0) is 36.4 Å². The van der Waals surface area contributed by atoms with Crippen molar-refractivity contribution in [2.75, 3.05) is 7.05 Å². The van der Waals surface area contributed by atoms with Gasteiger partial charge < -0.3 is 0 Å². The zero-order chi connectivity index (χ0) is 13.8. The molecule has 100 valence electrons. The first-order valence-electron chi connectivity index (χ1n) is 5.92. The second-order valence-electron chi connectivity index (χ2n) is 4.51. The predicted octanol–water partition coefficient (Wildman–Crippen LogP) is 4.36. The highest BCUT2D eigenvalue weighted by Gasteiger charge is 2.07. The Morgan fingerprint density at radius 3 is 2.42 bits per heavy atom. The Morgan fingerprint density at radius 1 is 1.00 bits per heavy atom. The molecular weight excluding hydrogens is 312 g/mol. The van der Waals surface area contributed by atoms with E-state index in [9.17, 15) is 8.78 Å². The van der Waals surface area contributed by atoms with E-state index >= 15 is 0 Å². The topological polar surface area (TPSA) is 3.24 Å². The van der Waals surface area contributed by atoms with E-state index in [1.807, 2.05) is 36.2 Å². The molecule has 2 aromatic rings. The van der Waals surface area contributed by atoms with Crippen molar-refractivity contribution in [1.82, 2.24) is 4.90 Å². The molecule has 0 atom stereocenters. The van der Waals surface area contributed by atoms with Crippen LogP contribution in [-0.4, -0.2) is 11.9 Å². The van der Waals surface area contributed by atoms with E-state index < -0.39 is 11.6 Å². The van der Waals surface area contributed by atoms with Gasteiger partial charge in [-0.15, -0.1) is 0 Å². The highest BCUT2D eigenvalue weighted by atomic mass is 79.9. The van der Waals surface area contributed by atoms with E-state index in [4.69, 9.17) is 0 Å². The molecule has 0 unspecified atom stereocenters. The Hall–Kier alpha value is -1.26. The zero-order valence-electron chi connectivity index (χ0n) is 10.5.